The number of nitrogens with zero attached hydrogens (tertiary/aromatic N) is 1. The minimum Gasteiger partial charge on any atom is -0.494 e. The second kappa shape index (κ2) is 6.76. The Bertz CT molecular complexity index is 463. The van der Waals surface area contributed by atoms with Crippen LogP contribution in [0.3, 0.4) is 0 Å². The van der Waals surface area contributed by atoms with Crippen LogP contribution in [0, 0.1) is 17.2 Å². The van der Waals surface area contributed by atoms with E-state index in [1.807, 2.05) is 12.1 Å². The number of rotatable bonds is 6. The van der Waals surface area contributed by atoms with Crippen LogP contribution in [-0.4, -0.2) is 12.1 Å². The molecule has 108 valence electrons. The molecular formula is C17H24N2O. The van der Waals surface area contributed by atoms with Gasteiger partial charge in [0.15, 0.2) is 0 Å². The van der Waals surface area contributed by atoms with Crippen molar-refractivity contribution in [1.82, 2.24) is 0 Å². The molecule has 0 spiro atoms. The van der Waals surface area contributed by atoms with E-state index in [0.717, 1.165) is 44.3 Å². The van der Waals surface area contributed by atoms with Gasteiger partial charge in [-0.25, -0.2) is 0 Å². The Labute approximate surface area is 121 Å². The Kier molecular flexibility index (Phi) is 5.03. The first-order valence-corrected chi connectivity index (χ1v) is 7.60. The standard InChI is InChI=1S/C17H24N2O/c1-2-4-14-6-8-16(9-7-14)20-12-10-15-5-3-11-17(15,19)13-18/h6-9,15H,2-5,10-12,19H2,1H3. The van der Waals surface area contributed by atoms with Crippen LogP contribution in [0.4, 0.5) is 0 Å². The number of hydrogen-bond donors (Lipinski definition) is 1. The fraction of sp³-hybridized carbons (Fsp3) is 0.588. The van der Waals surface area contributed by atoms with Crippen LogP contribution in [0.5, 0.6) is 5.75 Å². The molecular weight excluding hydrogens is 248 g/mol. The van der Waals surface area contributed by atoms with Crippen LogP contribution in [0.15, 0.2) is 24.3 Å². The molecule has 0 amide bonds. The van der Waals surface area contributed by atoms with Gasteiger partial charge in [-0.15, -0.1) is 0 Å². The van der Waals surface area contributed by atoms with E-state index in [9.17, 15) is 5.26 Å². The molecule has 1 fully saturated rings. The lowest BCUT2D eigenvalue weighted by Crippen LogP contribution is -2.42. The molecule has 0 heterocycles. The lowest BCUT2D eigenvalue weighted by atomic mass is 9.87. The lowest BCUT2D eigenvalue weighted by molar-refractivity contribution is 0.254. The fourth-order valence-corrected chi connectivity index (χ4v) is 3.01. The van der Waals surface area contributed by atoms with Crippen LogP contribution >= 0.6 is 0 Å². The molecule has 0 bridgehead atoms. The van der Waals surface area contributed by atoms with Crippen LogP contribution in [0.25, 0.3) is 0 Å². The van der Waals surface area contributed by atoms with E-state index in [1.54, 1.807) is 0 Å². The zero-order chi connectivity index (χ0) is 14.4. The molecule has 20 heavy (non-hydrogen) atoms. The molecule has 0 aromatic heterocycles. The number of ether oxygens (including phenoxy) is 1. The van der Waals surface area contributed by atoms with Gasteiger partial charge in [-0.2, -0.15) is 5.26 Å². The smallest absolute Gasteiger partial charge is 0.119 e. The van der Waals surface area contributed by atoms with E-state index in [1.165, 1.54) is 5.56 Å². The van der Waals surface area contributed by atoms with E-state index in [0.29, 0.717) is 6.61 Å². The normalized spacial score (nSPS) is 25.4. The molecule has 2 atom stereocenters. The van der Waals surface area contributed by atoms with Crippen molar-refractivity contribution in [3.8, 4) is 11.8 Å². The molecule has 3 nitrogen and oxygen atoms in total. The second-order valence-electron chi connectivity index (χ2n) is 5.77. The Hall–Kier alpha value is -1.53. The number of benzene rings is 1. The van der Waals surface area contributed by atoms with Gasteiger partial charge < -0.3 is 10.5 Å². The van der Waals surface area contributed by atoms with Gasteiger partial charge in [-0.3, -0.25) is 0 Å². The number of nitriles is 1. The summed E-state index contributed by atoms with van der Waals surface area (Å²) in [5.74, 6) is 1.18. The van der Waals surface area contributed by atoms with Gasteiger partial charge in [0.05, 0.1) is 12.7 Å². The summed E-state index contributed by atoms with van der Waals surface area (Å²) in [7, 11) is 0. The molecule has 2 unspecified atom stereocenters. The quantitative estimate of drug-likeness (QED) is 0.863. The summed E-state index contributed by atoms with van der Waals surface area (Å²) in [6.45, 7) is 2.82. The average molecular weight is 272 g/mol. The molecule has 2 rings (SSSR count). The van der Waals surface area contributed by atoms with Crippen molar-refractivity contribution < 1.29 is 4.74 Å². The Morgan fingerprint density at radius 2 is 2.15 bits per heavy atom. The third-order valence-corrected chi connectivity index (χ3v) is 4.28. The van der Waals surface area contributed by atoms with E-state index in [2.05, 4.69) is 25.1 Å². The topological polar surface area (TPSA) is 59.0 Å². The second-order valence-corrected chi connectivity index (χ2v) is 5.77. The average Bonchev–Trinajstić information content (AvgIpc) is 2.83. The molecule has 1 aromatic carbocycles. The van der Waals surface area contributed by atoms with E-state index >= 15 is 0 Å². The van der Waals surface area contributed by atoms with Crippen molar-refractivity contribution in [2.75, 3.05) is 6.61 Å². The summed E-state index contributed by atoms with van der Waals surface area (Å²) in [5, 5.41) is 9.18. The molecule has 2 N–H and O–H groups in total. The van der Waals surface area contributed by atoms with Crippen molar-refractivity contribution >= 4 is 0 Å². The van der Waals surface area contributed by atoms with Crippen molar-refractivity contribution in [2.24, 2.45) is 11.7 Å². The Morgan fingerprint density at radius 1 is 1.40 bits per heavy atom. The fourth-order valence-electron chi connectivity index (χ4n) is 3.01. The maximum atomic E-state index is 9.18. The molecule has 1 saturated carbocycles. The summed E-state index contributed by atoms with van der Waals surface area (Å²) < 4.78 is 5.77. The maximum Gasteiger partial charge on any atom is 0.119 e. The summed E-state index contributed by atoms with van der Waals surface area (Å²) in [6, 6.07) is 10.6. The van der Waals surface area contributed by atoms with E-state index in [-0.39, 0.29) is 5.92 Å². The summed E-state index contributed by atoms with van der Waals surface area (Å²) in [5.41, 5.74) is 6.84. The van der Waals surface area contributed by atoms with Crippen LogP contribution in [-0.2, 0) is 6.42 Å². The van der Waals surface area contributed by atoms with Gasteiger partial charge in [0.25, 0.3) is 0 Å². The van der Waals surface area contributed by atoms with Crippen molar-refractivity contribution in [1.29, 1.82) is 5.26 Å². The zero-order valence-electron chi connectivity index (χ0n) is 12.3. The molecule has 0 saturated heterocycles. The highest BCUT2D eigenvalue weighted by molar-refractivity contribution is 5.27. The van der Waals surface area contributed by atoms with Gasteiger partial charge in [0.2, 0.25) is 0 Å². The van der Waals surface area contributed by atoms with Crippen LogP contribution in [0.1, 0.15) is 44.6 Å². The van der Waals surface area contributed by atoms with Gasteiger partial charge >= 0.3 is 0 Å². The van der Waals surface area contributed by atoms with Crippen LogP contribution < -0.4 is 10.5 Å². The van der Waals surface area contributed by atoms with Crippen molar-refractivity contribution in [3.05, 3.63) is 29.8 Å². The Morgan fingerprint density at radius 3 is 2.80 bits per heavy atom. The summed E-state index contributed by atoms with van der Waals surface area (Å²) in [4.78, 5) is 0. The maximum absolute atomic E-state index is 9.18. The van der Waals surface area contributed by atoms with E-state index in [4.69, 9.17) is 10.5 Å². The van der Waals surface area contributed by atoms with Crippen molar-refractivity contribution in [3.63, 3.8) is 0 Å². The minimum absolute atomic E-state index is 0.270. The molecule has 0 radical (unpaired) electrons. The molecule has 3 heteroatoms. The zero-order valence-corrected chi connectivity index (χ0v) is 12.3. The SMILES string of the molecule is CCCc1ccc(OCCC2CCCC2(N)C#N)cc1. The largest absolute Gasteiger partial charge is 0.494 e. The highest BCUT2D eigenvalue weighted by Gasteiger charge is 2.39. The molecule has 0 aliphatic heterocycles. The first kappa shape index (κ1) is 14.9. The summed E-state index contributed by atoms with van der Waals surface area (Å²) in [6.07, 6.45) is 6.05. The molecule has 1 aliphatic carbocycles. The van der Waals surface area contributed by atoms with Gasteiger partial charge in [0.1, 0.15) is 11.3 Å². The number of hydrogen-bond acceptors (Lipinski definition) is 3. The van der Waals surface area contributed by atoms with Gasteiger partial charge in [-0.05, 0) is 49.3 Å². The highest BCUT2D eigenvalue weighted by atomic mass is 16.5. The lowest BCUT2D eigenvalue weighted by Gasteiger charge is -2.23. The van der Waals surface area contributed by atoms with Crippen LogP contribution in [0.2, 0.25) is 0 Å². The Balaban J connectivity index is 1.80. The van der Waals surface area contributed by atoms with Crippen molar-refractivity contribution in [2.45, 2.75) is 51.0 Å². The third kappa shape index (κ3) is 3.52. The molecule has 1 aromatic rings. The first-order chi connectivity index (χ1) is 9.68. The van der Waals surface area contributed by atoms with Gasteiger partial charge in [-0.1, -0.05) is 31.9 Å². The van der Waals surface area contributed by atoms with E-state index < -0.39 is 5.54 Å². The number of aryl methyl sites for hydroxylation is 1. The first-order valence-electron chi connectivity index (χ1n) is 7.60. The highest BCUT2D eigenvalue weighted by Crippen LogP contribution is 2.35. The minimum atomic E-state index is -0.631. The predicted octanol–water partition coefficient (Wildman–Crippen LogP) is 3.43. The summed E-state index contributed by atoms with van der Waals surface area (Å²) >= 11 is 0. The van der Waals surface area contributed by atoms with Gasteiger partial charge in [0, 0.05) is 0 Å². The monoisotopic (exact) mass is 272 g/mol. The third-order valence-electron chi connectivity index (χ3n) is 4.28. The number of nitrogens with two attached hydrogens (primary N) is 1. The molecule has 1 aliphatic rings. The predicted molar refractivity (Wildman–Crippen MR) is 80.4 cm³/mol.